The predicted molar refractivity (Wildman–Crippen MR) is 92.1 cm³/mol. The van der Waals surface area contributed by atoms with Crippen molar-refractivity contribution >= 4 is 5.57 Å². The van der Waals surface area contributed by atoms with Crippen LogP contribution in [0.25, 0.3) is 5.57 Å². The lowest BCUT2D eigenvalue weighted by Crippen LogP contribution is -1.97. The van der Waals surface area contributed by atoms with Crippen LogP contribution in [0.4, 0.5) is 0 Å². The molecular formula is C20H18N2O. The lowest BCUT2D eigenvalue weighted by Gasteiger charge is -2.09. The largest absolute Gasteiger partial charge is 0.432 e. The van der Waals surface area contributed by atoms with E-state index >= 15 is 0 Å². The minimum Gasteiger partial charge on any atom is -0.432 e. The van der Waals surface area contributed by atoms with E-state index in [9.17, 15) is 0 Å². The van der Waals surface area contributed by atoms with E-state index in [2.05, 4.69) is 34.2 Å². The summed E-state index contributed by atoms with van der Waals surface area (Å²) in [6.07, 6.45) is 1.72. The minimum absolute atomic E-state index is 0.367. The molecular weight excluding hydrogens is 284 g/mol. The van der Waals surface area contributed by atoms with Crippen molar-refractivity contribution in [3.63, 3.8) is 0 Å². The van der Waals surface area contributed by atoms with Crippen LogP contribution in [0.15, 0.2) is 73.0 Å². The Morgan fingerprint density at radius 1 is 0.783 bits per heavy atom. The second kappa shape index (κ2) is 6.88. The first kappa shape index (κ1) is 15.0. The van der Waals surface area contributed by atoms with Gasteiger partial charge in [0, 0.05) is 17.0 Å². The fraction of sp³-hybridized carbons (Fsp3) is 0.100. The highest BCUT2D eigenvalue weighted by Gasteiger charge is 2.06. The zero-order valence-corrected chi connectivity index (χ0v) is 13.2. The van der Waals surface area contributed by atoms with Gasteiger partial charge in [-0.25, -0.2) is 9.97 Å². The molecule has 0 bridgehead atoms. The fourth-order valence-corrected chi connectivity index (χ4v) is 2.40. The molecule has 0 fully saturated rings. The normalized spacial score (nSPS) is 10.2. The molecule has 0 spiro atoms. The number of hydrogen-bond donors (Lipinski definition) is 0. The summed E-state index contributed by atoms with van der Waals surface area (Å²) in [5, 5.41) is 0. The molecule has 0 unspecified atom stereocenters. The molecule has 0 radical (unpaired) electrons. The average molecular weight is 302 g/mol. The van der Waals surface area contributed by atoms with Gasteiger partial charge in [0.25, 0.3) is 0 Å². The van der Waals surface area contributed by atoms with Crippen molar-refractivity contribution in [1.29, 1.82) is 0 Å². The summed E-state index contributed by atoms with van der Waals surface area (Å²) in [5.74, 6) is 0. The fourth-order valence-electron chi connectivity index (χ4n) is 2.40. The van der Waals surface area contributed by atoms with Crippen LogP contribution in [0.2, 0.25) is 0 Å². The second-order valence-electron chi connectivity index (χ2n) is 5.31. The Balaban J connectivity index is 1.98. The zero-order valence-electron chi connectivity index (χ0n) is 13.2. The summed E-state index contributed by atoms with van der Waals surface area (Å²) in [6, 6.07) is 22.6. The molecule has 2 aromatic carbocycles. The average Bonchev–Trinajstić information content (AvgIpc) is 2.56. The highest BCUT2D eigenvalue weighted by molar-refractivity contribution is 5.79. The summed E-state index contributed by atoms with van der Waals surface area (Å²) < 4.78 is 5.75. The van der Waals surface area contributed by atoms with Gasteiger partial charge in [0.1, 0.15) is 6.26 Å². The molecule has 0 aliphatic carbocycles. The van der Waals surface area contributed by atoms with Crippen molar-refractivity contribution in [1.82, 2.24) is 9.97 Å². The SMILES string of the molecule is Cc1cc(C)nc(OC=C(c2ccccc2)c2ccccc2)n1. The molecule has 23 heavy (non-hydrogen) atoms. The smallest absolute Gasteiger partial charge is 0.321 e. The number of benzene rings is 2. The third-order valence-electron chi connectivity index (χ3n) is 3.41. The number of aryl methyl sites for hydroxylation is 2. The molecule has 3 rings (SSSR count). The molecule has 3 heteroatoms. The highest BCUT2D eigenvalue weighted by atomic mass is 16.5. The summed E-state index contributed by atoms with van der Waals surface area (Å²) >= 11 is 0. The summed E-state index contributed by atoms with van der Waals surface area (Å²) in [7, 11) is 0. The van der Waals surface area contributed by atoms with E-state index in [-0.39, 0.29) is 0 Å². The number of hydrogen-bond acceptors (Lipinski definition) is 3. The topological polar surface area (TPSA) is 35.0 Å². The molecule has 0 aliphatic rings. The van der Waals surface area contributed by atoms with Gasteiger partial charge in [-0.1, -0.05) is 60.7 Å². The summed E-state index contributed by atoms with van der Waals surface area (Å²) in [6.45, 7) is 3.86. The van der Waals surface area contributed by atoms with Crippen LogP contribution >= 0.6 is 0 Å². The van der Waals surface area contributed by atoms with Crippen molar-refractivity contribution in [2.75, 3.05) is 0 Å². The molecule has 0 amide bonds. The lowest BCUT2D eigenvalue weighted by atomic mass is 9.99. The van der Waals surface area contributed by atoms with Crippen LogP contribution in [0, 0.1) is 13.8 Å². The lowest BCUT2D eigenvalue weighted by molar-refractivity contribution is 0.439. The number of rotatable bonds is 4. The minimum atomic E-state index is 0.367. The van der Waals surface area contributed by atoms with Gasteiger partial charge < -0.3 is 4.74 Å². The Bertz CT molecular complexity index is 750. The zero-order chi connectivity index (χ0) is 16.1. The number of nitrogens with zero attached hydrogens (tertiary/aromatic N) is 2. The number of ether oxygens (including phenoxy) is 1. The van der Waals surface area contributed by atoms with E-state index < -0.39 is 0 Å². The molecule has 1 heterocycles. The van der Waals surface area contributed by atoms with Crippen LogP contribution in [-0.2, 0) is 0 Å². The Morgan fingerprint density at radius 2 is 1.26 bits per heavy atom. The van der Waals surface area contributed by atoms with Crippen molar-refractivity contribution in [3.8, 4) is 6.01 Å². The van der Waals surface area contributed by atoms with Gasteiger partial charge in [-0.15, -0.1) is 0 Å². The van der Waals surface area contributed by atoms with Crippen molar-refractivity contribution in [3.05, 3.63) is 95.5 Å². The Morgan fingerprint density at radius 3 is 1.74 bits per heavy atom. The maximum absolute atomic E-state index is 5.75. The van der Waals surface area contributed by atoms with Crippen molar-refractivity contribution in [2.45, 2.75) is 13.8 Å². The molecule has 0 saturated carbocycles. The van der Waals surface area contributed by atoms with E-state index in [4.69, 9.17) is 4.74 Å². The van der Waals surface area contributed by atoms with Gasteiger partial charge >= 0.3 is 6.01 Å². The van der Waals surface area contributed by atoms with Gasteiger partial charge in [0.05, 0.1) is 0 Å². The Labute approximate surface area is 136 Å². The molecule has 3 nitrogen and oxygen atoms in total. The van der Waals surface area contributed by atoms with Gasteiger partial charge in [-0.05, 0) is 31.0 Å². The second-order valence-corrected chi connectivity index (χ2v) is 5.31. The van der Waals surface area contributed by atoms with E-state index in [0.29, 0.717) is 6.01 Å². The standard InChI is InChI=1S/C20H18N2O/c1-15-13-16(2)22-20(21-15)23-14-19(17-9-5-3-6-10-17)18-11-7-4-8-12-18/h3-14H,1-2H3. The third-order valence-corrected chi connectivity index (χ3v) is 3.41. The first-order chi connectivity index (χ1) is 11.2. The monoisotopic (exact) mass is 302 g/mol. The Hall–Kier alpha value is -2.94. The van der Waals surface area contributed by atoms with E-state index in [0.717, 1.165) is 28.1 Å². The molecule has 1 aromatic heterocycles. The molecule has 3 aromatic rings. The van der Waals surface area contributed by atoms with Gasteiger partial charge in [0.15, 0.2) is 0 Å². The predicted octanol–water partition coefficient (Wildman–Crippen LogP) is 4.56. The van der Waals surface area contributed by atoms with E-state index in [1.54, 1.807) is 6.26 Å². The third kappa shape index (κ3) is 3.83. The molecule has 0 atom stereocenters. The first-order valence-corrected chi connectivity index (χ1v) is 7.52. The van der Waals surface area contributed by atoms with Crippen molar-refractivity contribution < 1.29 is 4.74 Å². The maximum atomic E-state index is 5.75. The Kier molecular flexibility index (Phi) is 4.48. The van der Waals surface area contributed by atoms with Crippen LogP contribution in [0.1, 0.15) is 22.5 Å². The summed E-state index contributed by atoms with van der Waals surface area (Å²) in [5.41, 5.74) is 4.95. The van der Waals surface area contributed by atoms with Crippen LogP contribution in [0.3, 0.4) is 0 Å². The number of aromatic nitrogens is 2. The van der Waals surface area contributed by atoms with Crippen LogP contribution in [0.5, 0.6) is 6.01 Å². The van der Waals surface area contributed by atoms with Crippen molar-refractivity contribution in [2.24, 2.45) is 0 Å². The van der Waals surface area contributed by atoms with Crippen LogP contribution < -0.4 is 4.74 Å². The van der Waals surface area contributed by atoms with Gasteiger partial charge in [0.2, 0.25) is 0 Å². The molecule has 114 valence electrons. The quantitative estimate of drug-likeness (QED) is 0.663. The van der Waals surface area contributed by atoms with E-state index in [1.165, 1.54) is 0 Å². The van der Waals surface area contributed by atoms with Gasteiger partial charge in [-0.2, -0.15) is 0 Å². The molecule has 0 N–H and O–H groups in total. The molecule has 0 aliphatic heterocycles. The maximum Gasteiger partial charge on any atom is 0.321 e. The van der Waals surface area contributed by atoms with E-state index in [1.807, 2.05) is 56.3 Å². The van der Waals surface area contributed by atoms with Gasteiger partial charge in [-0.3, -0.25) is 0 Å². The first-order valence-electron chi connectivity index (χ1n) is 7.52. The summed E-state index contributed by atoms with van der Waals surface area (Å²) in [4.78, 5) is 8.63. The highest BCUT2D eigenvalue weighted by Crippen LogP contribution is 2.23. The van der Waals surface area contributed by atoms with Crippen LogP contribution in [-0.4, -0.2) is 9.97 Å². The molecule has 0 saturated heterocycles.